The molecule has 0 radical (unpaired) electrons. The summed E-state index contributed by atoms with van der Waals surface area (Å²) in [7, 11) is 0. The van der Waals surface area contributed by atoms with Crippen LogP contribution in [-0.2, 0) is 0 Å². The minimum absolute atomic E-state index is 0.617. The Morgan fingerprint density at radius 1 is 0.167 bits per heavy atom. The van der Waals surface area contributed by atoms with Crippen LogP contribution in [0.15, 0.2) is 261 Å². The largest absolute Gasteiger partial charge is 0.208 e. The van der Waals surface area contributed by atoms with Gasteiger partial charge in [-0.05, 0) is 108 Å². The maximum Gasteiger partial charge on any atom is 0.164 e. The molecule has 0 fully saturated rings. The van der Waals surface area contributed by atoms with E-state index >= 15 is 0 Å². The highest BCUT2D eigenvalue weighted by atomic mass is 15.0. The molecule has 11 rings (SSSR count). The quantitative estimate of drug-likeness (QED) is 0.138. The zero-order chi connectivity index (χ0) is 44.1. The third-order valence-electron chi connectivity index (χ3n) is 12.1. The molecule has 0 unspecified atom stereocenters. The average molecular weight is 842 g/mol. The van der Waals surface area contributed by atoms with E-state index in [1.165, 1.54) is 27.8 Å². The molecule has 1 heterocycles. The number of hydrogen-bond acceptors (Lipinski definition) is 3. The van der Waals surface area contributed by atoms with Gasteiger partial charge in [0.2, 0.25) is 0 Å². The summed E-state index contributed by atoms with van der Waals surface area (Å²) in [5, 5.41) is 0. The maximum atomic E-state index is 5.10. The Labute approximate surface area is 386 Å². The van der Waals surface area contributed by atoms with Gasteiger partial charge in [-0.15, -0.1) is 0 Å². The summed E-state index contributed by atoms with van der Waals surface area (Å²) in [6.45, 7) is 0. The number of hydrogen-bond donors (Lipinski definition) is 0. The van der Waals surface area contributed by atoms with Crippen molar-refractivity contribution in [3.8, 4) is 112 Å². The van der Waals surface area contributed by atoms with E-state index in [0.717, 1.165) is 66.8 Å². The summed E-state index contributed by atoms with van der Waals surface area (Å²) in [4.78, 5) is 15.2. The van der Waals surface area contributed by atoms with Crippen LogP contribution in [-0.4, -0.2) is 15.0 Å². The predicted molar refractivity (Wildman–Crippen MR) is 274 cm³/mol. The van der Waals surface area contributed by atoms with Gasteiger partial charge in [0.25, 0.3) is 0 Å². The molecule has 0 N–H and O–H groups in total. The van der Waals surface area contributed by atoms with Gasteiger partial charge >= 0.3 is 0 Å². The van der Waals surface area contributed by atoms with Gasteiger partial charge in [-0.1, -0.05) is 231 Å². The van der Waals surface area contributed by atoms with Gasteiger partial charge in [-0.3, -0.25) is 0 Å². The Morgan fingerprint density at radius 3 is 0.864 bits per heavy atom. The van der Waals surface area contributed by atoms with E-state index in [9.17, 15) is 0 Å². The smallest absolute Gasteiger partial charge is 0.164 e. The first kappa shape index (κ1) is 40.0. The normalized spacial score (nSPS) is 11.0. The van der Waals surface area contributed by atoms with Gasteiger partial charge < -0.3 is 0 Å². The third kappa shape index (κ3) is 8.37. The van der Waals surface area contributed by atoms with Crippen molar-refractivity contribution in [3.63, 3.8) is 0 Å². The molecule has 0 aliphatic heterocycles. The lowest BCUT2D eigenvalue weighted by atomic mass is 9.83. The average Bonchev–Trinajstić information content (AvgIpc) is 3.42. The van der Waals surface area contributed by atoms with Crippen LogP contribution < -0.4 is 0 Å². The topological polar surface area (TPSA) is 38.7 Å². The zero-order valence-electron chi connectivity index (χ0n) is 36.2. The summed E-state index contributed by atoms with van der Waals surface area (Å²) >= 11 is 0. The van der Waals surface area contributed by atoms with Gasteiger partial charge in [0.05, 0.1) is 0 Å². The second kappa shape index (κ2) is 18.1. The van der Waals surface area contributed by atoms with E-state index in [1.54, 1.807) is 0 Å². The Bertz CT molecular complexity index is 3260. The first-order valence-electron chi connectivity index (χ1n) is 22.3. The lowest BCUT2D eigenvalue weighted by Crippen LogP contribution is -2.00. The standard InChI is InChI=1S/C63H43N3/c1-6-19-44(20-7-1)47-35-37-48(38-36-47)60-58(54-32-16-29-51(39-54)45-21-8-2-9-22-45)42-57(43-59(60)55-33-17-30-52(40-55)46-23-10-3-11-24-46)53-31-18-34-56(41-53)63-65-61(49-25-12-4-13-26-49)64-62(66-63)50-27-14-5-15-28-50/h1-43H. The molecule has 1 aromatic heterocycles. The Balaban J connectivity index is 1.14. The van der Waals surface area contributed by atoms with Crippen LogP contribution in [0.25, 0.3) is 112 Å². The van der Waals surface area contributed by atoms with Crippen molar-refractivity contribution in [2.45, 2.75) is 0 Å². The molecule has 0 spiro atoms. The molecule has 0 bridgehead atoms. The lowest BCUT2D eigenvalue weighted by molar-refractivity contribution is 1.07. The van der Waals surface area contributed by atoms with Gasteiger partial charge in [-0.25, -0.2) is 15.0 Å². The highest BCUT2D eigenvalue weighted by Crippen LogP contribution is 2.45. The van der Waals surface area contributed by atoms with Crippen molar-refractivity contribution >= 4 is 0 Å². The predicted octanol–water partition coefficient (Wildman–Crippen LogP) is 16.5. The number of aromatic nitrogens is 3. The van der Waals surface area contributed by atoms with E-state index in [4.69, 9.17) is 15.0 Å². The minimum atomic E-state index is 0.617. The summed E-state index contributed by atoms with van der Waals surface area (Å²) in [5.74, 6) is 1.88. The summed E-state index contributed by atoms with van der Waals surface area (Å²) in [6.07, 6.45) is 0. The fraction of sp³-hybridized carbons (Fsp3) is 0. The Morgan fingerprint density at radius 2 is 0.439 bits per heavy atom. The molecule has 0 atom stereocenters. The molecule has 66 heavy (non-hydrogen) atoms. The highest BCUT2D eigenvalue weighted by Gasteiger charge is 2.20. The Kier molecular flexibility index (Phi) is 11.0. The van der Waals surface area contributed by atoms with E-state index in [-0.39, 0.29) is 0 Å². The van der Waals surface area contributed by atoms with Crippen molar-refractivity contribution in [1.82, 2.24) is 15.0 Å². The fourth-order valence-corrected chi connectivity index (χ4v) is 8.80. The highest BCUT2D eigenvalue weighted by molar-refractivity contribution is 5.99. The van der Waals surface area contributed by atoms with E-state index in [2.05, 4.69) is 200 Å². The van der Waals surface area contributed by atoms with Crippen molar-refractivity contribution < 1.29 is 0 Å². The van der Waals surface area contributed by atoms with Crippen molar-refractivity contribution in [3.05, 3.63) is 261 Å². The molecule has 0 aliphatic rings. The van der Waals surface area contributed by atoms with E-state index < -0.39 is 0 Å². The van der Waals surface area contributed by atoms with Crippen LogP contribution in [0.4, 0.5) is 0 Å². The van der Waals surface area contributed by atoms with Crippen LogP contribution in [0.5, 0.6) is 0 Å². The molecule has 10 aromatic carbocycles. The second-order valence-electron chi connectivity index (χ2n) is 16.4. The first-order chi connectivity index (χ1) is 32.7. The fourth-order valence-electron chi connectivity index (χ4n) is 8.80. The summed E-state index contributed by atoms with van der Waals surface area (Å²) in [6, 6.07) is 92.5. The van der Waals surface area contributed by atoms with Crippen LogP contribution in [0.3, 0.4) is 0 Å². The molecule has 3 nitrogen and oxygen atoms in total. The van der Waals surface area contributed by atoms with Crippen LogP contribution in [0, 0.1) is 0 Å². The first-order valence-corrected chi connectivity index (χ1v) is 22.3. The van der Waals surface area contributed by atoms with E-state index in [0.29, 0.717) is 17.5 Å². The molecule has 0 saturated carbocycles. The number of benzene rings is 10. The van der Waals surface area contributed by atoms with Gasteiger partial charge in [0.15, 0.2) is 17.5 Å². The number of nitrogens with zero attached hydrogens (tertiary/aromatic N) is 3. The van der Waals surface area contributed by atoms with Crippen molar-refractivity contribution in [2.24, 2.45) is 0 Å². The molecule has 11 aromatic rings. The Hall–Kier alpha value is -8.79. The van der Waals surface area contributed by atoms with E-state index in [1.807, 2.05) is 60.7 Å². The van der Waals surface area contributed by atoms with Crippen LogP contribution in [0.1, 0.15) is 0 Å². The molecule has 0 saturated heterocycles. The molecule has 3 heteroatoms. The maximum absolute atomic E-state index is 5.10. The third-order valence-corrected chi connectivity index (χ3v) is 12.1. The molecule has 0 amide bonds. The van der Waals surface area contributed by atoms with Gasteiger partial charge in [-0.2, -0.15) is 0 Å². The second-order valence-corrected chi connectivity index (χ2v) is 16.4. The zero-order valence-corrected chi connectivity index (χ0v) is 36.2. The SMILES string of the molecule is c1ccc(-c2ccc(-c3c(-c4cccc(-c5ccccc5)c4)cc(-c4cccc(-c5nc(-c6ccccc6)nc(-c6ccccc6)n5)c4)cc3-c3cccc(-c4ccccc4)c3)cc2)cc1. The minimum Gasteiger partial charge on any atom is -0.208 e. The van der Waals surface area contributed by atoms with Gasteiger partial charge in [0.1, 0.15) is 0 Å². The lowest BCUT2D eigenvalue weighted by Gasteiger charge is -2.20. The monoisotopic (exact) mass is 841 g/mol. The molecular weight excluding hydrogens is 799 g/mol. The summed E-state index contributed by atoms with van der Waals surface area (Å²) in [5.41, 5.74) is 18.8. The van der Waals surface area contributed by atoms with Gasteiger partial charge in [0, 0.05) is 16.7 Å². The van der Waals surface area contributed by atoms with Crippen molar-refractivity contribution in [1.29, 1.82) is 0 Å². The van der Waals surface area contributed by atoms with Crippen LogP contribution in [0.2, 0.25) is 0 Å². The number of rotatable bonds is 10. The van der Waals surface area contributed by atoms with Crippen LogP contribution >= 0.6 is 0 Å². The molecule has 310 valence electrons. The van der Waals surface area contributed by atoms with Crippen molar-refractivity contribution in [2.75, 3.05) is 0 Å². The summed E-state index contributed by atoms with van der Waals surface area (Å²) < 4.78 is 0. The molecule has 0 aliphatic carbocycles. The molecular formula is C63H43N3.